The Hall–Kier alpha value is -1.57. The summed E-state index contributed by atoms with van der Waals surface area (Å²) in [5.74, 6) is 0.0352. The van der Waals surface area contributed by atoms with Crippen LogP contribution in [0.4, 0.5) is 0 Å². The largest absolute Gasteiger partial charge is 0.353 e. The Morgan fingerprint density at radius 2 is 1.70 bits per heavy atom. The molecule has 2 heteroatoms. The third-order valence-corrected chi connectivity index (χ3v) is 3.31. The molecule has 20 heavy (non-hydrogen) atoms. The van der Waals surface area contributed by atoms with Gasteiger partial charge in [-0.25, -0.2) is 0 Å². The molecule has 0 radical (unpaired) electrons. The third kappa shape index (κ3) is 9.37. The molecular formula is C18H27NO. The normalized spacial score (nSPS) is 10.8. The van der Waals surface area contributed by atoms with Gasteiger partial charge in [0.1, 0.15) is 0 Å². The number of amides is 1. The van der Waals surface area contributed by atoms with E-state index in [-0.39, 0.29) is 5.91 Å². The van der Waals surface area contributed by atoms with Crippen molar-refractivity contribution < 1.29 is 4.79 Å². The molecule has 1 aromatic rings. The number of unbranched alkanes of at least 4 members (excludes halogenated alkanes) is 5. The molecule has 0 fully saturated rings. The number of rotatable bonds is 10. The summed E-state index contributed by atoms with van der Waals surface area (Å²) in [5, 5.41) is 2.75. The van der Waals surface area contributed by atoms with Gasteiger partial charge in [-0.15, -0.1) is 0 Å². The van der Waals surface area contributed by atoms with E-state index in [4.69, 9.17) is 0 Å². The van der Waals surface area contributed by atoms with Gasteiger partial charge in [-0.05, 0) is 31.2 Å². The third-order valence-electron chi connectivity index (χ3n) is 3.31. The number of hydrogen-bond donors (Lipinski definition) is 1. The van der Waals surface area contributed by atoms with Crippen molar-refractivity contribution in [1.29, 1.82) is 0 Å². The summed E-state index contributed by atoms with van der Waals surface area (Å²) in [6.07, 6.45) is 13.0. The topological polar surface area (TPSA) is 29.1 Å². The predicted octanol–water partition coefficient (Wildman–Crippen LogP) is 4.26. The zero-order chi connectivity index (χ0) is 14.5. The fourth-order valence-corrected chi connectivity index (χ4v) is 2.17. The molecule has 0 aliphatic rings. The summed E-state index contributed by atoms with van der Waals surface area (Å²) in [6.45, 7) is 2.20. The summed E-state index contributed by atoms with van der Waals surface area (Å²) < 4.78 is 0. The average molecular weight is 273 g/mol. The number of carbonyl (C=O) groups excluding carboxylic acids is 1. The first-order chi connectivity index (χ1) is 9.79. The molecule has 0 unspecified atom stereocenters. The fourth-order valence-electron chi connectivity index (χ4n) is 2.17. The van der Waals surface area contributed by atoms with Crippen LogP contribution in [0.25, 0.3) is 0 Å². The maximum Gasteiger partial charge on any atom is 0.217 e. The number of allylic oxidation sites excluding steroid dienone is 1. The van der Waals surface area contributed by atoms with E-state index in [0.29, 0.717) is 6.54 Å². The molecule has 0 aliphatic carbocycles. The van der Waals surface area contributed by atoms with Crippen molar-refractivity contribution in [1.82, 2.24) is 5.32 Å². The van der Waals surface area contributed by atoms with E-state index in [2.05, 4.69) is 41.7 Å². The summed E-state index contributed by atoms with van der Waals surface area (Å²) in [7, 11) is 0. The SMILES string of the molecule is CC(=O)NCC=CCCCCCCCc1ccccc1. The Morgan fingerprint density at radius 1 is 1.00 bits per heavy atom. The summed E-state index contributed by atoms with van der Waals surface area (Å²) in [6, 6.07) is 10.7. The van der Waals surface area contributed by atoms with E-state index in [1.54, 1.807) is 6.92 Å². The first-order valence-corrected chi connectivity index (χ1v) is 7.72. The van der Waals surface area contributed by atoms with Gasteiger partial charge in [0.05, 0.1) is 0 Å². The van der Waals surface area contributed by atoms with Crippen LogP contribution in [0.5, 0.6) is 0 Å². The van der Waals surface area contributed by atoms with E-state index in [1.165, 1.54) is 44.1 Å². The second-order valence-electron chi connectivity index (χ2n) is 5.20. The van der Waals surface area contributed by atoms with Crippen LogP contribution in [0, 0.1) is 0 Å². The first kappa shape index (κ1) is 16.5. The Bertz CT molecular complexity index is 384. The van der Waals surface area contributed by atoms with Gasteiger partial charge in [0.25, 0.3) is 0 Å². The molecule has 110 valence electrons. The Balaban J connectivity index is 1.86. The Morgan fingerprint density at radius 3 is 2.45 bits per heavy atom. The van der Waals surface area contributed by atoms with E-state index < -0.39 is 0 Å². The van der Waals surface area contributed by atoms with Crippen LogP contribution in [0.15, 0.2) is 42.5 Å². The van der Waals surface area contributed by atoms with Crippen LogP contribution in [-0.4, -0.2) is 12.5 Å². The predicted molar refractivity (Wildman–Crippen MR) is 85.7 cm³/mol. The molecule has 1 rings (SSSR count). The van der Waals surface area contributed by atoms with Gasteiger partial charge in [-0.2, -0.15) is 0 Å². The average Bonchev–Trinajstić information content (AvgIpc) is 2.45. The van der Waals surface area contributed by atoms with Crippen molar-refractivity contribution in [2.45, 2.75) is 51.9 Å². The maximum atomic E-state index is 10.6. The minimum Gasteiger partial charge on any atom is -0.353 e. The van der Waals surface area contributed by atoms with E-state index in [1.807, 2.05) is 6.08 Å². The van der Waals surface area contributed by atoms with Crippen molar-refractivity contribution in [3.8, 4) is 0 Å². The lowest BCUT2D eigenvalue weighted by atomic mass is 10.0. The van der Waals surface area contributed by atoms with E-state index in [9.17, 15) is 4.79 Å². The zero-order valence-corrected chi connectivity index (χ0v) is 12.6. The maximum absolute atomic E-state index is 10.6. The van der Waals surface area contributed by atoms with Gasteiger partial charge in [0.15, 0.2) is 0 Å². The lowest BCUT2D eigenvalue weighted by Gasteiger charge is -2.01. The molecule has 1 aromatic carbocycles. The summed E-state index contributed by atoms with van der Waals surface area (Å²) in [5.41, 5.74) is 1.45. The standard InChI is InChI=1S/C18H27NO/c1-17(20)19-16-12-7-5-3-2-4-6-9-13-18-14-10-8-11-15-18/h7-8,10-12,14-15H,2-6,9,13,16H2,1H3,(H,19,20). The van der Waals surface area contributed by atoms with Crippen LogP contribution in [0.2, 0.25) is 0 Å². The lowest BCUT2D eigenvalue weighted by molar-refractivity contribution is -0.118. The van der Waals surface area contributed by atoms with Gasteiger partial charge in [0.2, 0.25) is 5.91 Å². The number of carbonyl (C=O) groups is 1. The van der Waals surface area contributed by atoms with Gasteiger partial charge in [-0.1, -0.05) is 61.7 Å². The van der Waals surface area contributed by atoms with Crippen LogP contribution in [-0.2, 0) is 11.2 Å². The van der Waals surface area contributed by atoms with Gasteiger partial charge in [-0.3, -0.25) is 4.79 Å². The molecular weight excluding hydrogens is 246 g/mol. The van der Waals surface area contributed by atoms with Gasteiger partial charge in [0, 0.05) is 13.5 Å². The molecule has 1 amide bonds. The molecule has 0 aromatic heterocycles. The first-order valence-electron chi connectivity index (χ1n) is 7.72. The molecule has 0 bridgehead atoms. The zero-order valence-electron chi connectivity index (χ0n) is 12.6. The monoisotopic (exact) mass is 273 g/mol. The van der Waals surface area contributed by atoms with Crippen molar-refractivity contribution in [3.05, 3.63) is 48.0 Å². The van der Waals surface area contributed by atoms with Crippen molar-refractivity contribution >= 4 is 5.91 Å². The summed E-state index contributed by atoms with van der Waals surface area (Å²) >= 11 is 0. The second kappa shape index (κ2) is 11.3. The smallest absolute Gasteiger partial charge is 0.217 e. The molecule has 0 aliphatic heterocycles. The second-order valence-corrected chi connectivity index (χ2v) is 5.20. The highest BCUT2D eigenvalue weighted by Crippen LogP contribution is 2.09. The highest BCUT2D eigenvalue weighted by Gasteiger charge is 1.93. The minimum absolute atomic E-state index is 0.0352. The molecule has 0 atom stereocenters. The summed E-state index contributed by atoms with van der Waals surface area (Å²) in [4.78, 5) is 10.6. The van der Waals surface area contributed by atoms with E-state index >= 15 is 0 Å². The molecule has 1 N–H and O–H groups in total. The van der Waals surface area contributed by atoms with Crippen molar-refractivity contribution in [2.24, 2.45) is 0 Å². The van der Waals surface area contributed by atoms with Crippen LogP contribution < -0.4 is 5.32 Å². The van der Waals surface area contributed by atoms with Crippen LogP contribution in [0.1, 0.15) is 51.0 Å². The molecule has 0 heterocycles. The highest BCUT2D eigenvalue weighted by atomic mass is 16.1. The van der Waals surface area contributed by atoms with Crippen molar-refractivity contribution in [2.75, 3.05) is 6.54 Å². The highest BCUT2D eigenvalue weighted by molar-refractivity contribution is 5.72. The fraction of sp³-hybridized carbons (Fsp3) is 0.500. The molecule has 2 nitrogen and oxygen atoms in total. The van der Waals surface area contributed by atoms with Gasteiger partial charge >= 0.3 is 0 Å². The van der Waals surface area contributed by atoms with E-state index in [0.717, 1.165) is 6.42 Å². The van der Waals surface area contributed by atoms with Crippen LogP contribution >= 0.6 is 0 Å². The van der Waals surface area contributed by atoms with Gasteiger partial charge < -0.3 is 5.32 Å². The number of hydrogen-bond acceptors (Lipinski definition) is 1. The number of benzene rings is 1. The lowest BCUT2D eigenvalue weighted by Crippen LogP contribution is -2.19. The quantitative estimate of drug-likeness (QED) is 0.501. The Labute approximate surface area is 123 Å². The van der Waals surface area contributed by atoms with Crippen molar-refractivity contribution in [3.63, 3.8) is 0 Å². The Kier molecular flexibility index (Phi) is 9.29. The van der Waals surface area contributed by atoms with Crippen LogP contribution in [0.3, 0.4) is 0 Å². The molecule has 0 spiro atoms. The minimum atomic E-state index is 0.0352. The molecule has 0 saturated heterocycles. The number of aryl methyl sites for hydroxylation is 1. The molecule has 0 saturated carbocycles. The number of nitrogens with one attached hydrogen (secondary N) is 1.